The van der Waals surface area contributed by atoms with Crippen LogP contribution in [0.15, 0.2) is 24.3 Å². The van der Waals surface area contributed by atoms with Crippen LogP contribution in [0.4, 0.5) is 4.79 Å². The number of likely N-dealkylation sites (tertiary alicyclic amines) is 1. The number of aryl methyl sites for hydroxylation is 1. The van der Waals surface area contributed by atoms with Crippen molar-refractivity contribution in [2.24, 2.45) is 0 Å². The predicted molar refractivity (Wildman–Crippen MR) is 88.8 cm³/mol. The average molecular weight is 304 g/mol. The molecule has 0 bridgehead atoms. The Kier molecular flexibility index (Phi) is 5.46. The highest BCUT2D eigenvalue weighted by Crippen LogP contribution is 2.15. The van der Waals surface area contributed by atoms with Crippen LogP contribution in [0.1, 0.15) is 44.7 Å². The average Bonchev–Trinajstić information content (AvgIpc) is 2.41. The van der Waals surface area contributed by atoms with Crippen LogP contribution in [0.3, 0.4) is 0 Å². The Labute approximate surface area is 133 Å². The number of alkyl carbamates (subject to hydrolysis) is 1. The van der Waals surface area contributed by atoms with Crippen molar-refractivity contribution in [3.8, 4) is 0 Å². The van der Waals surface area contributed by atoms with Gasteiger partial charge in [-0.1, -0.05) is 29.8 Å². The monoisotopic (exact) mass is 304 g/mol. The fourth-order valence-corrected chi connectivity index (χ4v) is 2.66. The summed E-state index contributed by atoms with van der Waals surface area (Å²) in [6, 6.07) is 8.93. The molecule has 0 atom stereocenters. The van der Waals surface area contributed by atoms with Gasteiger partial charge < -0.3 is 10.1 Å². The van der Waals surface area contributed by atoms with Crippen molar-refractivity contribution in [2.45, 2.75) is 58.7 Å². The number of nitrogens with zero attached hydrogens (tertiary/aromatic N) is 1. The van der Waals surface area contributed by atoms with E-state index in [0.29, 0.717) is 0 Å². The molecule has 0 unspecified atom stereocenters. The minimum atomic E-state index is -0.434. The van der Waals surface area contributed by atoms with Crippen molar-refractivity contribution < 1.29 is 9.53 Å². The Balaban J connectivity index is 1.73. The van der Waals surface area contributed by atoms with E-state index in [-0.39, 0.29) is 12.1 Å². The second-order valence-electron chi connectivity index (χ2n) is 7.18. The summed E-state index contributed by atoms with van der Waals surface area (Å²) in [7, 11) is 0. The summed E-state index contributed by atoms with van der Waals surface area (Å²) in [5.41, 5.74) is 2.21. The van der Waals surface area contributed by atoms with Crippen LogP contribution in [-0.4, -0.2) is 35.7 Å². The number of rotatable bonds is 3. The van der Waals surface area contributed by atoms with Gasteiger partial charge in [0.05, 0.1) is 0 Å². The van der Waals surface area contributed by atoms with E-state index in [4.69, 9.17) is 4.74 Å². The molecule has 1 fully saturated rings. The van der Waals surface area contributed by atoms with E-state index in [9.17, 15) is 4.79 Å². The highest BCUT2D eigenvalue weighted by atomic mass is 16.6. The quantitative estimate of drug-likeness (QED) is 0.929. The first-order valence-electron chi connectivity index (χ1n) is 8.09. The van der Waals surface area contributed by atoms with Gasteiger partial charge in [0, 0.05) is 25.7 Å². The number of amides is 1. The molecule has 1 aromatic carbocycles. The van der Waals surface area contributed by atoms with Crippen LogP contribution in [-0.2, 0) is 11.3 Å². The largest absolute Gasteiger partial charge is 0.444 e. The van der Waals surface area contributed by atoms with Crippen molar-refractivity contribution in [3.63, 3.8) is 0 Å². The van der Waals surface area contributed by atoms with Crippen LogP contribution >= 0.6 is 0 Å². The smallest absolute Gasteiger partial charge is 0.407 e. The minimum Gasteiger partial charge on any atom is -0.444 e. The molecule has 1 amide bonds. The minimum absolute atomic E-state index is 0.226. The van der Waals surface area contributed by atoms with Gasteiger partial charge in [0.15, 0.2) is 0 Å². The molecule has 4 heteroatoms. The molecule has 0 aliphatic carbocycles. The number of benzene rings is 1. The van der Waals surface area contributed by atoms with E-state index in [1.165, 1.54) is 11.1 Å². The number of nitrogens with one attached hydrogen (secondary N) is 1. The summed E-state index contributed by atoms with van der Waals surface area (Å²) in [5.74, 6) is 0. The first kappa shape index (κ1) is 16.8. The Bertz CT molecular complexity index is 483. The summed E-state index contributed by atoms with van der Waals surface area (Å²) in [5, 5.41) is 2.98. The molecular weight excluding hydrogens is 276 g/mol. The molecule has 1 aliphatic heterocycles. The third kappa shape index (κ3) is 5.68. The third-order valence-electron chi connectivity index (χ3n) is 3.84. The van der Waals surface area contributed by atoms with Gasteiger partial charge in [0.25, 0.3) is 0 Å². The Morgan fingerprint density at radius 2 is 1.82 bits per heavy atom. The number of carbonyl (C=O) groups is 1. The molecule has 1 N–H and O–H groups in total. The zero-order valence-electron chi connectivity index (χ0n) is 14.2. The highest BCUT2D eigenvalue weighted by Gasteiger charge is 2.23. The van der Waals surface area contributed by atoms with Gasteiger partial charge in [0.1, 0.15) is 5.60 Å². The van der Waals surface area contributed by atoms with Crippen molar-refractivity contribution in [2.75, 3.05) is 13.1 Å². The van der Waals surface area contributed by atoms with Gasteiger partial charge >= 0.3 is 6.09 Å². The lowest BCUT2D eigenvalue weighted by molar-refractivity contribution is 0.0477. The second kappa shape index (κ2) is 7.14. The van der Waals surface area contributed by atoms with E-state index in [1.807, 2.05) is 20.8 Å². The summed E-state index contributed by atoms with van der Waals surface area (Å²) in [6.45, 7) is 10.8. The van der Waals surface area contributed by atoms with Gasteiger partial charge in [-0.05, 0) is 46.1 Å². The fraction of sp³-hybridized carbons (Fsp3) is 0.611. The van der Waals surface area contributed by atoms with E-state index < -0.39 is 5.60 Å². The number of ether oxygens (including phenoxy) is 1. The molecule has 1 aromatic rings. The highest BCUT2D eigenvalue weighted by molar-refractivity contribution is 5.68. The summed E-state index contributed by atoms with van der Waals surface area (Å²) >= 11 is 0. The third-order valence-corrected chi connectivity index (χ3v) is 3.84. The second-order valence-corrected chi connectivity index (χ2v) is 7.18. The van der Waals surface area contributed by atoms with Gasteiger partial charge in [-0.2, -0.15) is 0 Å². The van der Waals surface area contributed by atoms with Gasteiger partial charge in [-0.15, -0.1) is 0 Å². The lowest BCUT2D eigenvalue weighted by Crippen LogP contribution is -2.45. The van der Waals surface area contributed by atoms with E-state index in [0.717, 1.165) is 32.5 Å². The first-order valence-corrected chi connectivity index (χ1v) is 8.09. The maximum atomic E-state index is 11.8. The lowest BCUT2D eigenvalue weighted by Gasteiger charge is -2.32. The molecule has 1 heterocycles. The summed E-state index contributed by atoms with van der Waals surface area (Å²) in [4.78, 5) is 14.2. The normalized spacial score (nSPS) is 17.3. The van der Waals surface area contributed by atoms with Crippen LogP contribution < -0.4 is 5.32 Å². The number of carbonyl (C=O) groups excluding carboxylic acids is 1. The van der Waals surface area contributed by atoms with Crippen molar-refractivity contribution in [1.29, 1.82) is 0 Å². The maximum Gasteiger partial charge on any atom is 0.407 e. The first-order chi connectivity index (χ1) is 10.3. The summed E-state index contributed by atoms with van der Waals surface area (Å²) < 4.78 is 5.31. The summed E-state index contributed by atoms with van der Waals surface area (Å²) in [6.07, 6.45) is 1.65. The van der Waals surface area contributed by atoms with Crippen molar-refractivity contribution in [1.82, 2.24) is 10.2 Å². The molecular formula is C18H28N2O2. The number of piperidine rings is 1. The fourth-order valence-electron chi connectivity index (χ4n) is 2.66. The molecule has 0 radical (unpaired) electrons. The van der Waals surface area contributed by atoms with E-state index in [1.54, 1.807) is 0 Å². The zero-order chi connectivity index (χ0) is 16.2. The van der Waals surface area contributed by atoms with Crippen molar-refractivity contribution >= 4 is 6.09 Å². The number of hydrogen-bond acceptors (Lipinski definition) is 3. The van der Waals surface area contributed by atoms with Crippen LogP contribution in [0, 0.1) is 6.92 Å². The SMILES string of the molecule is Cc1ccc(CN2CCC(NC(=O)OC(C)(C)C)CC2)cc1. The Hall–Kier alpha value is -1.55. The topological polar surface area (TPSA) is 41.6 Å². The maximum absolute atomic E-state index is 11.8. The van der Waals surface area contributed by atoms with Crippen molar-refractivity contribution in [3.05, 3.63) is 35.4 Å². The van der Waals surface area contributed by atoms with Crippen LogP contribution in [0.2, 0.25) is 0 Å². The molecule has 22 heavy (non-hydrogen) atoms. The lowest BCUT2D eigenvalue weighted by atomic mass is 10.0. The van der Waals surface area contributed by atoms with Crippen LogP contribution in [0.25, 0.3) is 0 Å². The van der Waals surface area contributed by atoms with E-state index in [2.05, 4.69) is 41.4 Å². The van der Waals surface area contributed by atoms with Gasteiger partial charge in [-0.25, -0.2) is 4.79 Å². The molecule has 0 aromatic heterocycles. The van der Waals surface area contributed by atoms with Gasteiger partial charge in [-0.3, -0.25) is 4.90 Å². The number of hydrogen-bond donors (Lipinski definition) is 1. The van der Waals surface area contributed by atoms with E-state index >= 15 is 0 Å². The molecule has 4 nitrogen and oxygen atoms in total. The predicted octanol–water partition coefficient (Wildman–Crippen LogP) is 3.48. The zero-order valence-corrected chi connectivity index (χ0v) is 14.2. The molecule has 122 valence electrons. The molecule has 1 aliphatic rings. The standard InChI is InChI=1S/C18H28N2O2/c1-14-5-7-15(8-6-14)13-20-11-9-16(10-12-20)19-17(21)22-18(2,3)4/h5-8,16H,9-13H2,1-4H3,(H,19,21). The Morgan fingerprint density at radius 1 is 1.23 bits per heavy atom. The molecule has 0 spiro atoms. The van der Waals surface area contributed by atoms with Gasteiger partial charge in [0.2, 0.25) is 0 Å². The molecule has 0 saturated carbocycles. The molecule has 2 rings (SSSR count). The Morgan fingerprint density at radius 3 is 2.36 bits per heavy atom. The molecule has 1 saturated heterocycles. The van der Waals surface area contributed by atoms with Crippen LogP contribution in [0.5, 0.6) is 0 Å².